The number of amides is 1. The van der Waals surface area contributed by atoms with Crippen LogP contribution in [0, 0.1) is 0 Å². The highest BCUT2D eigenvalue weighted by Gasteiger charge is 2.31. The van der Waals surface area contributed by atoms with Gasteiger partial charge in [0.2, 0.25) is 10.0 Å². The summed E-state index contributed by atoms with van der Waals surface area (Å²) >= 11 is 0. The molecule has 0 radical (unpaired) electrons. The van der Waals surface area contributed by atoms with Gasteiger partial charge in [0.15, 0.2) is 5.78 Å². The van der Waals surface area contributed by atoms with Crippen molar-refractivity contribution in [2.24, 2.45) is 0 Å². The number of rotatable bonds is 4. The Bertz CT molecular complexity index is 1280. The minimum Gasteiger partial charge on any atom is -0.507 e. The first-order valence-electron chi connectivity index (χ1n) is 9.89. The number of nitrogens with zero attached hydrogens (tertiary/aromatic N) is 2. The van der Waals surface area contributed by atoms with Gasteiger partial charge in [0, 0.05) is 31.7 Å². The number of phenolic OH excluding ortho intramolecular Hbond substituents is 1. The van der Waals surface area contributed by atoms with Gasteiger partial charge >= 0.3 is 0 Å². The normalized spacial score (nSPS) is 15.2. The van der Waals surface area contributed by atoms with Crippen LogP contribution in [0.3, 0.4) is 0 Å². The van der Waals surface area contributed by atoms with E-state index in [9.17, 15) is 23.1 Å². The fourth-order valence-corrected chi connectivity index (χ4v) is 5.19. The molecule has 3 aromatic carbocycles. The Morgan fingerprint density at radius 2 is 1.52 bits per heavy atom. The molecule has 0 aromatic heterocycles. The summed E-state index contributed by atoms with van der Waals surface area (Å²) in [5.74, 6) is -0.638. The molecule has 160 valence electrons. The number of phenols is 1. The highest BCUT2D eigenvalue weighted by molar-refractivity contribution is 7.89. The van der Waals surface area contributed by atoms with Gasteiger partial charge in [-0.1, -0.05) is 36.4 Å². The van der Waals surface area contributed by atoms with Gasteiger partial charge in [-0.3, -0.25) is 9.59 Å². The van der Waals surface area contributed by atoms with Gasteiger partial charge in [-0.05, 0) is 42.0 Å². The van der Waals surface area contributed by atoms with Gasteiger partial charge < -0.3 is 10.0 Å². The van der Waals surface area contributed by atoms with E-state index in [1.54, 1.807) is 29.2 Å². The Morgan fingerprint density at radius 1 is 0.871 bits per heavy atom. The summed E-state index contributed by atoms with van der Waals surface area (Å²) < 4.78 is 27.3. The summed E-state index contributed by atoms with van der Waals surface area (Å²) in [5.41, 5.74) is 0.533. The van der Waals surface area contributed by atoms with Crippen molar-refractivity contribution in [3.8, 4) is 5.75 Å². The van der Waals surface area contributed by atoms with Crippen LogP contribution in [0.1, 0.15) is 27.6 Å². The summed E-state index contributed by atoms with van der Waals surface area (Å²) in [6, 6.07) is 16.6. The number of piperazine rings is 1. The minimum atomic E-state index is -3.78. The molecule has 1 aliphatic heterocycles. The van der Waals surface area contributed by atoms with Crippen LogP contribution in [-0.4, -0.2) is 60.6 Å². The van der Waals surface area contributed by atoms with Crippen molar-refractivity contribution in [2.75, 3.05) is 26.2 Å². The zero-order valence-corrected chi connectivity index (χ0v) is 17.8. The van der Waals surface area contributed by atoms with Gasteiger partial charge in [-0.25, -0.2) is 8.42 Å². The highest BCUT2D eigenvalue weighted by atomic mass is 32.2. The number of hydrogen-bond donors (Lipinski definition) is 1. The first kappa shape index (κ1) is 21.0. The molecule has 0 unspecified atom stereocenters. The van der Waals surface area contributed by atoms with E-state index in [-0.39, 0.29) is 54.1 Å². The first-order valence-corrected chi connectivity index (χ1v) is 11.3. The van der Waals surface area contributed by atoms with Crippen LogP contribution >= 0.6 is 0 Å². The molecule has 1 amide bonds. The summed E-state index contributed by atoms with van der Waals surface area (Å²) in [7, 11) is -3.78. The van der Waals surface area contributed by atoms with Gasteiger partial charge in [0.05, 0.1) is 10.5 Å². The number of aromatic hydroxyl groups is 1. The first-order chi connectivity index (χ1) is 14.8. The molecular formula is C23H22N2O5S. The van der Waals surface area contributed by atoms with Crippen molar-refractivity contribution in [3.05, 3.63) is 71.8 Å². The summed E-state index contributed by atoms with van der Waals surface area (Å²) in [5, 5.41) is 12.0. The molecule has 0 spiro atoms. The van der Waals surface area contributed by atoms with E-state index < -0.39 is 10.0 Å². The maximum atomic E-state index is 13.0. The van der Waals surface area contributed by atoms with E-state index in [1.165, 1.54) is 23.4 Å². The second-order valence-corrected chi connectivity index (χ2v) is 9.43. The number of hydrogen-bond acceptors (Lipinski definition) is 5. The van der Waals surface area contributed by atoms with Gasteiger partial charge in [0.1, 0.15) is 5.75 Å². The lowest BCUT2D eigenvalue weighted by atomic mass is 10.0. The third-order valence-electron chi connectivity index (χ3n) is 5.50. The molecule has 8 heteroatoms. The fourth-order valence-electron chi connectivity index (χ4n) is 3.73. The fraction of sp³-hybridized carbons (Fsp3) is 0.217. The summed E-state index contributed by atoms with van der Waals surface area (Å²) in [4.78, 5) is 26.2. The van der Waals surface area contributed by atoms with Crippen LogP contribution in [0.25, 0.3) is 10.8 Å². The van der Waals surface area contributed by atoms with E-state index in [2.05, 4.69) is 0 Å². The molecule has 1 saturated heterocycles. The molecule has 1 N–H and O–H groups in total. The minimum absolute atomic E-state index is 0.0622. The average Bonchev–Trinajstić information content (AvgIpc) is 2.78. The van der Waals surface area contributed by atoms with Gasteiger partial charge in [-0.15, -0.1) is 0 Å². The Morgan fingerprint density at radius 3 is 2.16 bits per heavy atom. The lowest BCUT2D eigenvalue weighted by Crippen LogP contribution is -2.50. The van der Waals surface area contributed by atoms with Crippen LogP contribution in [-0.2, 0) is 10.0 Å². The second-order valence-electron chi connectivity index (χ2n) is 7.50. The monoisotopic (exact) mass is 438 g/mol. The number of Topliss-reactive ketones (excluding diaryl/α,β-unsaturated/α-hetero) is 1. The highest BCUT2D eigenvalue weighted by Crippen LogP contribution is 2.27. The van der Waals surface area contributed by atoms with Gasteiger partial charge in [-0.2, -0.15) is 4.31 Å². The molecule has 31 heavy (non-hydrogen) atoms. The molecular weight excluding hydrogens is 416 g/mol. The largest absolute Gasteiger partial charge is 0.507 e. The number of carbonyl (C=O) groups is 2. The van der Waals surface area contributed by atoms with Crippen molar-refractivity contribution >= 4 is 32.5 Å². The standard InChI is InChI=1S/C23H22N2O5S/c1-16(26)17-7-4-8-20(13-17)31(29,30)25-11-9-24(10-12-25)23(28)21-14-18-5-2-3-6-19(18)15-22(21)27/h2-8,13-15,27H,9-12H2,1H3. The second kappa shape index (κ2) is 8.13. The number of ketones is 1. The van der Waals surface area contributed by atoms with Crippen molar-refractivity contribution < 1.29 is 23.1 Å². The molecule has 1 fully saturated rings. The Labute approximate surface area is 180 Å². The molecule has 0 bridgehead atoms. The van der Waals surface area contributed by atoms with Gasteiger partial charge in [0.25, 0.3) is 5.91 Å². The average molecular weight is 439 g/mol. The number of benzene rings is 3. The third-order valence-corrected chi connectivity index (χ3v) is 7.39. The molecule has 3 aromatic rings. The van der Waals surface area contributed by atoms with Crippen molar-refractivity contribution in [3.63, 3.8) is 0 Å². The zero-order chi connectivity index (χ0) is 22.2. The molecule has 1 aliphatic rings. The molecule has 0 aliphatic carbocycles. The lowest BCUT2D eigenvalue weighted by molar-refractivity contribution is 0.0695. The van der Waals surface area contributed by atoms with Crippen LogP contribution in [0.4, 0.5) is 0 Å². The van der Waals surface area contributed by atoms with Crippen LogP contribution in [0.5, 0.6) is 5.75 Å². The summed E-state index contributed by atoms with van der Waals surface area (Å²) in [6.07, 6.45) is 0. The maximum Gasteiger partial charge on any atom is 0.257 e. The molecule has 0 atom stereocenters. The summed E-state index contributed by atoms with van der Waals surface area (Å²) in [6.45, 7) is 2.06. The van der Waals surface area contributed by atoms with E-state index in [0.29, 0.717) is 5.56 Å². The SMILES string of the molecule is CC(=O)c1cccc(S(=O)(=O)N2CCN(C(=O)c3cc4ccccc4cc3O)CC2)c1. The Kier molecular flexibility index (Phi) is 5.51. The van der Waals surface area contributed by atoms with E-state index >= 15 is 0 Å². The van der Waals surface area contributed by atoms with Crippen LogP contribution in [0.15, 0.2) is 65.6 Å². The molecule has 7 nitrogen and oxygen atoms in total. The predicted molar refractivity (Wildman–Crippen MR) is 117 cm³/mol. The quantitative estimate of drug-likeness (QED) is 0.632. The Balaban J connectivity index is 1.51. The van der Waals surface area contributed by atoms with Crippen molar-refractivity contribution in [1.82, 2.24) is 9.21 Å². The topological polar surface area (TPSA) is 95.0 Å². The Hall–Kier alpha value is -3.23. The van der Waals surface area contributed by atoms with Crippen molar-refractivity contribution in [1.29, 1.82) is 0 Å². The smallest absolute Gasteiger partial charge is 0.257 e. The third kappa shape index (κ3) is 4.04. The van der Waals surface area contributed by atoms with Crippen LogP contribution in [0.2, 0.25) is 0 Å². The van der Waals surface area contributed by atoms with E-state index in [0.717, 1.165) is 10.8 Å². The van der Waals surface area contributed by atoms with E-state index in [1.807, 2.05) is 24.3 Å². The number of fused-ring (bicyclic) bond motifs is 1. The predicted octanol–water partition coefficient (Wildman–Crippen LogP) is 2.89. The van der Waals surface area contributed by atoms with Crippen LogP contribution < -0.4 is 0 Å². The zero-order valence-electron chi connectivity index (χ0n) is 17.0. The van der Waals surface area contributed by atoms with Crippen molar-refractivity contribution in [2.45, 2.75) is 11.8 Å². The number of sulfonamides is 1. The lowest BCUT2D eigenvalue weighted by Gasteiger charge is -2.34. The molecule has 0 saturated carbocycles. The van der Waals surface area contributed by atoms with E-state index in [4.69, 9.17) is 0 Å². The maximum absolute atomic E-state index is 13.0. The molecule has 1 heterocycles. The number of carbonyl (C=O) groups excluding carboxylic acids is 2. The molecule has 4 rings (SSSR count).